The van der Waals surface area contributed by atoms with Crippen molar-refractivity contribution in [3.63, 3.8) is 0 Å². The van der Waals surface area contributed by atoms with Crippen LogP contribution >= 0.6 is 0 Å². The van der Waals surface area contributed by atoms with Gasteiger partial charge in [0.15, 0.2) is 0 Å². The van der Waals surface area contributed by atoms with Crippen LogP contribution in [0.25, 0.3) is 0 Å². The third kappa shape index (κ3) is 3.72. The Morgan fingerprint density at radius 1 is 1.25 bits per heavy atom. The Hall–Kier alpha value is -0.120. The Morgan fingerprint density at radius 3 is 2.88 bits per heavy atom. The minimum atomic E-state index is 0.470. The molecule has 2 fully saturated rings. The van der Waals surface area contributed by atoms with Gasteiger partial charge in [-0.1, -0.05) is 6.92 Å². The van der Waals surface area contributed by atoms with E-state index in [1.165, 1.54) is 51.7 Å². The van der Waals surface area contributed by atoms with Gasteiger partial charge in [-0.25, -0.2) is 0 Å². The molecule has 0 aromatic carbocycles. The highest BCUT2D eigenvalue weighted by molar-refractivity contribution is 4.82. The standard InChI is InChI=1S/C13H26N2O/c1-13(5-9-16-10-6-13)11-15-12-3-2-7-14-8-4-12/h12,14-15H,2-11H2,1H3. The van der Waals surface area contributed by atoms with E-state index in [-0.39, 0.29) is 0 Å². The molecule has 0 aromatic heterocycles. The molecule has 16 heavy (non-hydrogen) atoms. The Labute approximate surface area is 99.3 Å². The lowest BCUT2D eigenvalue weighted by molar-refractivity contribution is 0.0227. The van der Waals surface area contributed by atoms with Crippen LogP contribution in [0.15, 0.2) is 0 Å². The molecule has 0 spiro atoms. The summed E-state index contributed by atoms with van der Waals surface area (Å²) in [7, 11) is 0. The fourth-order valence-corrected chi connectivity index (χ4v) is 2.65. The van der Waals surface area contributed by atoms with E-state index >= 15 is 0 Å². The highest BCUT2D eigenvalue weighted by atomic mass is 16.5. The molecule has 0 saturated carbocycles. The van der Waals surface area contributed by atoms with Gasteiger partial charge < -0.3 is 15.4 Å². The molecule has 2 rings (SSSR count). The molecule has 2 N–H and O–H groups in total. The Morgan fingerprint density at radius 2 is 2.06 bits per heavy atom. The van der Waals surface area contributed by atoms with Gasteiger partial charge in [0.2, 0.25) is 0 Å². The normalized spacial score (nSPS) is 30.9. The van der Waals surface area contributed by atoms with Crippen LogP contribution in [0, 0.1) is 5.41 Å². The van der Waals surface area contributed by atoms with Crippen LogP contribution in [0.3, 0.4) is 0 Å². The lowest BCUT2D eigenvalue weighted by atomic mass is 9.82. The van der Waals surface area contributed by atoms with Crippen LogP contribution in [0.4, 0.5) is 0 Å². The summed E-state index contributed by atoms with van der Waals surface area (Å²) in [4.78, 5) is 0. The minimum Gasteiger partial charge on any atom is -0.381 e. The van der Waals surface area contributed by atoms with Crippen molar-refractivity contribution in [3.8, 4) is 0 Å². The summed E-state index contributed by atoms with van der Waals surface area (Å²) in [5.41, 5.74) is 0.470. The van der Waals surface area contributed by atoms with E-state index in [0.29, 0.717) is 5.41 Å². The van der Waals surface area contributed by atoms with Gasteiger partial charge in [-0.3, -0.25) is 0 Å². The zero-order valence-electron chi connectivity index (χ0n) is 10.6. The van der Waals surface area contributed by atoms with Gasteiger partial charge in [-0.15, -0.1) is 0 Å². The van der Waals surface area contributed by atoms with E-state index in [0.717, 1.165) is 19.3 Å². The van der Waals surface area contributed by atoms with Crippen LogP contribution in [0.5, 0.6) is 0 Å². The maximum Gasteiger partial charge on any atom is 0.0471 e. The van der Waals surface area contributed by atoms with E-state index in [4.69, 9.17) is 4.74 Å². The predicted molar refractivity (Wildman–Crippen MR) is 66.7 cm³/mol. The molecule has 0 bridgehead atoms. The number of nitrogens with one attached hydrogen (secondary N) is 2. The van der Waals surface area contributed by atoms with Crippen molar-refractivity contribution in [1.82, 2.24) is 10.6 Å². The predicted octanol–water partition coefficient (Wildman–Crippen LogP) is 1.53. The second kappa shape index (κ2) is 5.99. The molecule has 94 valence electrons. The summed E-state index contributed by atoms with van der Waals surface area (Å²) in [6, 6.07) is 0.731. The number of hydrogen-bond donors (Lipinski definition) is 2. The van der Waals surface area contributed by atoms with Gasteiger partial charge in [0.25, 0.3) is 0 Å². The third-order valence-corrected chi connectivity index (χ3v) is 4.09. The SMILES string of the molecule is CC1(CNC2CCCNCC2)CCOCC1. The first-order valence-electron chi connectivity index (χ1n) is 6.80. The first-order valence-corrected chi connectivity index (χ1v) is 6.80. The number of hydrogen-bond acceptors (Lipinski definition) is 3. The second-order valence-corrected chi connectivity index (χ2v) is 5.68. The molecular formula is C13H26N2O. The van der Waals surface area contributed by atoms with Crippen molar-refractivity contribution in [3.05, 3.63) is 0 Å². The molecular weight excluding hydrogens is 200 g/mol. The maximum absolute atomic E-state index is 5.44. The highest BCUT2D eigenvalue weighted by Gasteiger charge is 2.27. The third-order valence-electron chi connectivity index (χ3n) is 4.09. The summed E-state index contributed by atoms with van der Waals surface area (Å²) in [6.07, 6.45) is 6.36. The quantitative estimate of drug-likeness (QED) is 0.766. The van der Waals surface area contributed by atoms with Gasteiger partial charge >= 0.3 is 0 Å². The Kier molecular flexibility index (Phi) is 4.62. The Bertz CT molecular complexity index is 194. The van der Waals surface area contributed by atoms with Crippen molar-refractivity contribution < 1.29 is 4.74 Å². The van der Waals surface area contributed by atoms with Gasteiger partial charge in [0.1, 0.15) is 0 Å². The summed E-state index contributed by atoms with van der Waals surface area (Å²) < 4.78 is 5.44. The van der Waals surface area contributed by atoms with E-state index in [2.05, 4.69) is 17.6 Å². The Balaban J connectivity index is 1.72. The fraction of sp³-hybridized carbons (Fsp3) is 1.00. The van der Waals surface area contributed by atoms with Crippen molar-refractivity contribution in [1.29, 1.82) is 0 Å². The molecule has 1 unspecified atom stereocenters. The van der Waals surface area contributed by atoms with Crippen LogP contribution in [0.2, 0.25) is 0 Å². The van der Waals surface area contributed by atoms with Gasteiger partial charge in [-0.05, 0) is 50.6 Å². The van der Waals surface area contributed by atoms with E-state index in [9.17, 15) is 0 Å². The van der Waals surface area contributed by atoms with E-state index in [1.807, 2.05) is 0 Å². The average molecular weight is 226 g/mol. The maximum atomic E-state index is 5.44. The number of rotatable bonds is 3. The summed E-state index contributed by atoms with van der Waals surface area (Å²) in [6.45, 7) is 7.84. The number of ether oxygens (including phenoxy) is 1. The molecule has 2 aliphatic heterocycles. The zero-order chi connectivity index (χ0) is 11.3. The summed E-state index contributed by atoms with van der Waals surface area (Å²) in [5.74, 6) is 0. The molecule has 0 aliphatic carbocycles. The molecule has 0 amide bonds. The van der Waals surface area contributed by atoms with Crippen molar-refractivity contribution in [2.45, 2.75) is 45.1 Å². The molecule has 2 aliphatic rings. The van der Waals surface area contributed by atoms with Gasteiger partial charge in [0, 0.05) is 25.8 Å². The molecule has 1 atom stereocenters. The topological polar surface area (TPSA) is 33.3 Å². The molecule has 0 aromatic rings. The second-order valence-electron chi connectivity index (χ2n) is 5.68. The molecule has 2 heterocycles. The van der Waals surface area contributed by atoms with E-state index in [1.54, 1.807) is 0 Å². The van der Waals surface area contributed by atoms with E-state index < -0.39 is 0 Å². The zero-order valence-corrected chi connectivity index (χ0v) is 10.6. The first-order chi connectivity index (χ1) is 7.79. The van der Waals surface area contributed by atoms with Crippen LogP contribution < -0.4 is 10.6 Å². The minimum absolute atomic E-state index is 0.470. The van der Waals surface area contributed by atoms with Gasteiger partial charge in [-0.2, -0.15) is 0 Å². The lowest BCUT2D eigenvalue weighted by Crippen LogP contribution is -2.41. The summed E-state index contributed by atoms with van der Waals surface area (Å²) in [5, 5.41) is 7.24. The van der Waals surface area contributed by atoms with Crippen LogP contribution in [0.1, 0.15) is 39.0 Å². The molecule has 3 nitrogen and oxygen atoms in total. The van der Waals surface area contributed by atoms with Gasteiger partial charge in [0.05, 0.1) is 0 Å². The monoisotopic (exact) mass is 226 g/mol. The smallest absolute Gasteiger partial charge is 0.0471 e. The lowest BCUT2D eigenvalue weighted by Gasteiger charge is -2.35. The molecule has 0 radical (unpaired) electrons. The van der Waals surface area contributed by atoms with Crippen LogP contribution in [-0.4, -0.2) is 38.9 Å². The first kappa shape index (κ1) is 12.3. The van der Waals surface area contributed by atoms with Crippen LogP contribution in [-0.2, 0) is 4.74 Å². The molecule has 2 saturated heterocycles. The average Bonchev–Trinajstić information content (AvgIpc) is 2.56. The highest BCUT2D eigenvalue weighted by Crippen LogP contribution is 2.29. The largest absolute Gasteiger partial charge is 0.381 e. The van der Waals surface area contributed by atoms with Crippen molar-refractivity contribution in [2.75, 3.05) is 32.8 Å². The van der Waals surface area contributed by atoms with Crippen molar-refractivity contribution in [2.24, 2.45) is 5.41 Å². The molecule has 3 heteroatoms. The fourth-order valence-electron chi connectivity index (χ4n) is 2.65. The summed E-state index contributed by atoms with van der Waals surface area (Å²) >= 11 is 0. The van der Waals surface area contributed by atoms with Crippen molar-refractivity contribution >= 4 is 0 Å².